The molecule has 9 heteroatoms. The number of alkyl halides is 2. The summed E-state index contributed by atoms with van der Waals surface area (Å²) in [6.07, 6.45) is 10.6. The number of aliphatic hydroxyl groups is 1. The Bertz CT molecular complexity index is 831. The number of hydrogen-bond acceptors (Lipinski definition) is 6. The van der Waals surface area contributed by atoms with Gasteiger partial charge in [-0.25, -0.2) is 4.79 Å². The minimum absolute atomic E-state index is 0. The van der Waals surface area contributed by atoms with E-state index in [0.717, 1.165) is 30.1 Å². The third kappa shape index (κ3) is 6.20. The second-order valence-corrected chi connectivity index (χ2v) is 13.0. The maximum Gasteiger partial charge on any atom is 2.00 e. The van der Waals surface area contributed by atoms with Crippen LogP contribution in [0, 0.1) is 73.5 Å². The number of esters is 2. The van der Waals surface area contributed by atoms with Crippen LogP contribution in [0.5, 0.6) is 0 Å². The van der Waals surface area contributed by atoms with Crippen molar-refractivity contribution >= 4 is 11.9 Å². The van der Waals surface area contributed by atoms with E-state index < -0.39 is 29.1 Å². The van der Waals surface area contributed by atoms with Crippen LogP contribution < -0.4 is 0 Å². The van der Waals surface area contributed by atoms with E-state index in [0.29, 0.717) is 52.2 Å². The van der Waals surface area contributed by atoms with E-state index in [-0.39, 0.29) is 42.6 Å². The summed E-state index contributed by atoms with van der Waals surface area (Å²) < 4.78 is 42.0. The van der Waals surface area contributed by atoms with E-state index in [1.807, 2.05) is 0 Å². The SMILES string of the molecule is CC(F)(F)C(=O)OC12C[C-]3CC(CC(O)(C3)C1)C2.[CH2-]C(=O)OCCOC1(C)C2CC3CC(C2)CC1C3.[U+2]. The Hall–Kier alpha value is -0.358. The van der Waals surface area contributed by atoms with Crippen molar-refractivity contribution in [1.29, 1.82) is 0 Å². The van der Waals surface area contributed by atoms with Crippen LogP contribution in [0.25, 0.3) is 0 Å². The molecule has 0 saturated heterocycles. The average Bonchev–Trinajstić information content (AvgIpc) is 2.72. The van der Waals surface area contributed by atoms with Gasteiger partial charge in [0.15, 0.2) is 5.97 Å². The van der Waals surface area contributed by atoms with E-state index in [4.69, 9.17) is 14.2 Å². The molecule has 0 radical (unpaired) electrons. The topological polar surface area (TPSA) is 82.1 Å². The molecule has 8 aliphatic rings. The van der Waals surface area contributed by atoms with Crippen molar-refractivity contribution in [2.24, 2.45) is 29.6 Å². The van der Waals surface area contributed by atoms with Crippen molar-refractivity contribution in [1.82, 2.24) is 0 Å². The molecule has 0 aromatic carbocycles. The van der Waals surface area contributed by atoms with Gasteiger partial charge in [0.05, 0.1) is 17.8 Å². The molecule has 8 rings (SSSR count). The minimum atomic E-state index is -3.46. The summed E-state index contributed by atoms with van der Waals surface area (Å²) in [5, 5.41) is 10.4. The summed E-state index contributed by atoms with van der Waals surface area (Å²) in [4.78, 5) is 22.0. The van der Waals surface area contributed by atoms with Gasteiger partial charge in [0.1, 0.15) is 6.61 Å². The van der Waals surface area contributed by atoms with Crippen LogP contribution in [-0.4, -0.2) is 53.0 Å². The van der Waals surface area contributed by atoms with Crippen LogP contribution in [-0.2, 0) is 23.8 Å². The molecule has 8 fully saturated rings. The molecule has 0 spiro atoms. The third-order valence-corrected chi connectivity index (χ3v) is 9.90. The molecule has 8 saturated carbocycles. The van der Waals surface area contributed by atoms with Gasteiger partial charge in [-0.2, -0.15) is 15.2 Å². The van der Waals surface area contributed by atoms with Gasteiger partial charge in [-0.15, -0.1) is 12.8 Å². The van der Waals surface area contributed by atoms with E-state index >= 15 is 0 Å². The van der Waals surface area contributed by atoms with Gasteiger partial charge in [-0.1, -0.05) is 5.92 Å². The summed E-state index contributed by atoms with van der Waals surface area (Å²) in [5.41, 5.74) is -1.68. The van der Waals surface area contributed by atoms with Crippen LogP contribution in [0.1, 0.15) is 84.5 Å². The van der Waals surface area contributed by atoms with Crippen LogP contribution >= 0.6 is 0 Å². The fourth-order valence-electron chi connectivity index (χ4n) is 9.00. The molecule has 1 N–H and O–H groups in total. The minimum Gasteiger partial charge on any atom is -0.486 e. The summed E-state index contributed by atoms with van der Waals surface area (Å²) in [5.74, 6) is -0.575. The molecular weight excluding hydrogens is 708 g/mol. The van der Waals surface area contributed by atoms with E-state index in [2.05, 4.69) is 13.8 Å². The van der Waals surface area contributed by atoms with Crippen molar-refractivity contribution in [3.05, 3.63) is 12.8 Å². The van der Waals surface area contributed by atoms with Gasteiger partial charge in [0, 0.05) is 18.9 Å². The quantitative estimate of drug-likeness (QED) is 0.239. The Morgan fingerprint density at radius 1 is 1.03 bits per heavy atom. The van der Waals surface area contributed by atoms with E-state index in [9.17, 15) is 23.5 Å². The largest absolute Gasteiger partial charge is 2.00 e. The predicted octanol–water partition coefficient (Wildman–Crippen LogP) is 4.82. The molecule has 3 atom stereocenters. The van der Waals surface area contributed by atoms with Crippen molar-refractivity contribution in [3.63, 3.8) is 0 Å². The van der Waals surface area contributed by atoms with Crippen LogP contribution in [0.4, 0.5) is 8.78 Å². The second-order valence-electron chi connectivity index (χ2n) is 13.0. The fourth-order valence-corrected chi connectivity index (χ4v) is 9.00. The zero-order valence-electron chi connectivity index (χ0n) is 22.0. The summed E-state index contributed by atoms with van der Waals surface area (Å²) in [7, 11) is 0. The van der Waals surface area contributed by atoms with Crippen LogP contribution in [0.15, 0.2) is 0 Å². The Morgan fingerprint density at radius 3 is 2.16 bits per heavy atom. The Kier molecular flexibility index (Phi) is 8.45. The summed E-state index contributed by atoms with van der Waals surface area (Å²) in [6, 6.07) is 0. The van der Waals surface area contributed by atoms with Gasteiger partial charge in [-0.3, -0.25) is 11.7 Å². The second kappa shape index (κ2) is 10.6. The van der Waals surface area contributed by atoms with Crippen molar-refractivity contribution < 1.29 is 68.8 Å². The predicted molar refractivity (Wildman–Crippen MR) is 127 cm³/mol. The first-order chi connectivity index (χ1) is 16.8. The number of carbonyl (C=O) groups excluding carboxylic acids is 2. The molecule has 0 heterocycles. The Balaban J connectivity index is 0.000000168. The van der Waals surface area contributed by atoms with E-state index in [1.165, 1.54) is 38.0 Å². The van der Waals surface area contributed by atoms with Gasteiger partial charge >= 0.3 is 43.0 Å². The first-order valence-corrected chi connectivity index (χ1v) is 13.6. The van der Waals surface area contributed by atoms with Crippen molar-refractivity contribution in [2.45, 2.75) is 107 Å². The summed E-state index contributed by atoms with van der Waals surface area (Å²) in [6.45, 7) is 6.89. The molecule has 0 amide bonds. The number of rotatable bonds is 6. The maximum atomic E-state index is 13.0. The molecule has 8 bridgehead atoms. The van der Waals surface area contributed by atoms with E-state index in [1.54, 1.807) is 0 Å². The van der Waals surface area contributed by atoms with Gasteiger partial charge in [0.2, 0.25) is 0 Å². The first-order valence-electron chi connectivity index (χ1n) is 13.6. The molecule has 206 valence electrons. The third-order valence-electron chi connectivity index (χ3n) is 9.90. The molecule has 8 aliphatic carbocycles. The average molecular weight is 749 g/mol. The molecule has 37 heavy (non-hydrogen) atoms. The monoisotopic (exact) mass is 748 g/mol. The molecule has 0 aromatic heterocycles. The standard InChI is InChI=1S/C15H23O3.C13H17F2O3.U/c1-10(16)17-3-4-18-15(2)13-6-11-5-12(8-13)9-14(15)7-11;1-11(14,15)10(16)18-13-5-8-2-9(6-13)4-12(17,3-8)7-13;/h11-14H,1,3-9H2,2H3;8,17H,2-7H2,1H3;/q2*-1;+2. The number of carbonyl (C=O) groups is 2. The van der Waals surface area contributed by atoms with Crippen molar-refractivity contribution in [2.75, 3.05) is 13.2 Å². The summed E-state index contributed by atoms with van der Waals surface area (Å²) >= 11 is 0. The van der Waals surface area contributed by atoms with Gasteiger partial charge < -0.3 is 25.2 Å². The first kappa shape index (κ1) is 29.6. The normalized spacial score (nSPS) is 43.0. The van der Waals surface area contributed by atoms with Gasteiger partial charge in [0.25, 0.3) is 0 Å². The fraction of sp³-hybridized carbons (Fsp3) is 0.857. The van der Waals surface area contributed by atoms with Crippen LogP contribution in [0.2, 0.25) is 0 Å². The number of halogens is 2. The Morgan fingerprint density at radius 2 is 1.65 bits per heavy atom. The Labute approximate surface area is 242 Å². The van der Waals surface area contributed by atoms with Crippen LogP contribution in [0.3, 0.4) is 0 Å². The zero-order chi connectivity index (χ0) is 25.9. The molecule has 6 nitrogen and oxygen atoms in total. The zero-order valence-corrected chi connectivity index (χ0v) is 26.2. The van der Waals surface area contributed by atoms with Crippen molar-refractivity contribution in [3.8, 4) is 0 Å². The molecule has 0 aliphatic heterocycles. The molecular formula is C28H40F2O6U. The number of ether oxygens (including phenoxy) is 3. The molecule has 0 aromatic rings. The maximum absolute atomic E-state index is 13.0. The smallest absolute Gasteiger partial charge is 0.486 e. The van der Waals surface area contributed by atoms with Gasteiger partial charge in [-0.05, 0) is 75.5 Å². The molecule has 3 unspecified atom stereocenters. The number of hydrogen-bond donors (Lipinski definition) is 1.